The van der Waals surface area contributed by atoms with Crippen LogP contribution in [0.15, 0.2) is 29.4 Å². The zero-order chi connectivity index (χ0) is 18.7. The van der Waals surface area contributed by atoms with Crippen LogP contribution in [0.4, 0.5) is 5.69 Å². The van der Waals surface area contributed by atoms with Crippen LogP contribution in [0.1, 0.15) is 35.4 Å². The normalized spacial score (nSPS) is 14.5. The third-order valence-electron chi connectivity index (χ3n) is 4.46. The fourth-order valence-electron chi connectivity index (χ4n) is 2.83. The van der Waals surface area contributed by atoms with Gasteiger partial charge in [0.2, 0.25) is 10.0 Å². The predicted molar refractivity (Wildman–Crippen MR) is 102 cm³/mol. The van der Waals surface area contributed by atoms with Gasteiger partial charge in [0.05, 0.1) is 17.7 Å². The number of anilines is 1. The molecule has 0 amide bonds. The largest absolute Gasteiger partial charge is 0.306 e. The molecule has 0 bridgehead atoms. The number of benzene rings is 1. The van der Waals surface area contributed by atoms with Crippen LogP contribution >= 0.6 is 11.8 Å². The lowest BCUT2D eigenvalue weighted by molar-refractivity contribution is 0.102. The van der Waals surface area contributed by atoms with Crippen LogP contribution in [0.3, 0.4) is 0 Å². The Kier molecular flexibility index (Phi) is 5.67. The highest BCUT2D eigenvalue weighted by Crippen LogP contribution is 2.23. The second kappa shape index (κ2) is 7.79. The molecule has 9 heteroatoms. The van der Waals surface area contributed by atoms with Gasteiger partial charge in [0.1, 0.15) is 5.82 Å². The first kappa shape index (κ1) is 18.9. The molecule has 0 radical (unpaired) electrons. The van der Waals surface area contributed by atoms with Crippen molar-refractivity contribution in [1.82, 2.24) is 14.8 Å². The maximum Gasteiger partial charge on any atom is 0.231 e. The van der Waals surface area contributed by atoms with E-state index < -0.39 is 10.0 Å². The number of fused-ring (bicyclic) bond motifs is 1. The van der Waals surface area contributed by atoms with E-state index in [1.807, 2.05) is 0 Å². The van der Waals surface area contributed by atoms with E-state index >= 15 is 0 Å². The number of rotatable bonds is 6. The van der Waals surface area contributed by atoms with Gasteiger partial charge in [-0.2, -0.15) is 0 Å². The summed E-state index contributed by atoms with van der Waals surface area (Å²) < 4.78 is 26.4. The molecule has 0 aliphatic carbocycles. The quantitative estimate of drug-likeness (QED) is 0.552. The number of carbonyl (C=O) groups is 1. The van der Waals surface area contributed by atoms with E-state index in [1.54, 1.807) is 24.3 Å². The maximum absolute atomic E-state index is 12.4. The number of aryl methyl sites for hydroxylation is 1. The molecule has 3 rings (SSSR count). The average Bonchev–Trinajstić information content (AvgIpc) is 2.84. The van der Waals surface area contributed by atoms with E-state index in [1.165, 1.54) is 29.5 Å². The Morgan fingerprint density at radius 3 is 2.62 bits per heavy atom. The molecule has 0 N–H and O–H groups in total. The van der Waals surface area contributed by atoms with Crippen LogP contribution in [0.25, 0.3) is 0 Å². The molecule has 2 aromatic rings. The lowest BCUT2D eigenvalue weighted by atomic mass is 10.1. The number of carbonyl (C=O) groups excluding carboxylic acids is 1. The number of Topliss-reactive ketones (excluding diaryl/α,β-unsaturated/α-hetero) is 1. The minimum atomic E-state index is -3.31. The first-order valence-corrected chi connectivity index (χ1v) is 11.3. The number of aromatic nitrogens is 3. The van der Waals surface area contributed by atoms with Crippen LogP contribution in [0.5, 0.6) is 0 Å². The summed E-state index contributed by atoms with van der Waals surface area (Å²) in [7, 11) is -1.83. The van der Waals surface area contributed by atoms with E-state index in [4.69, 9.17) is 0 Å². The molecular formula is C17H22N4O3S2. The minimum absolute atomic E-state index is 0.0190. The van der Waals surface area contributed by atoms with Gasteiger partial charge in [0.25, 0.3) is 0 Å². The minimum Gasteiger partial charge on any atom is -0.306 e. The zero-order valence-electron chi connectivity index (χ0n) is 14.9. The van der Waals surface area contributed by atoms with E-state index in [0.717, 1.165) is 43.0 Å². The summed E-state index contributed by atoms with van der Waals surface area (Å²) in [6.07, 6.45) is 5.53. The highest BCUT2D eigenvalue weighted by atomic mass is 32.2. The van der Waals surface area contributed by atoms with Crippen molar-refractivity contribution >= 4 is 33.3 Å². The van der Waals surface area contributed by atoms with Gasteiger partial charge in [-0.05, 0) is 37.1 Å². The van der Waals surface area contributed by atoms with Crippen molar-refractivity contribution in [3.05, 3.63) is 35.7 Å². The molecule has 1 aromatic carbocycles. The third-order valence-corrected chi connectivity index (χ3v) is 6.63. The van der Waals surface area contributed by atoms with Crippen molar-refractivity contribution in [2.24, 2.45) is 0 Å². The predicted octanol–water partition coefficient (Wildman–Crippen LogP) is 2.38. The number of sulfonamides is 1. The van der Waals surface area contributed by atoms with Gasteiger partial charge in [-0.25, -0.2) is 8.42 Å². The fraction of sp³-hybridized carbons (Fsp3) is 0.471. The Balaban J connectivity index is 1.65. The molecule has 7 nitrogen and oxygen atoms in total. The molecule has 140 valence electrons. The zero-order valence-corrected chi connectivity index (χ0v) is 16.5. The van der Waals surface area contributed by atoms with Gasteiger partial charge in [0.15, 0.2) is 10.9 Å². The Morgan fingerprint density at radius 1 is 1.19 bits per heavy atom. The standard InChI is InChI=1S/C17H22N4O3S2/c1-20(26(2,23)24)14-9-7-13(8-10-14)15(22)12-25-17-19-18-16-6-4-3-5-11-21(16)17/h7-10H,3-6,11-12H2,1-2H3. The molecule has 1 aromatic heterocycles. The van der Waals surface area contributed by atoms with Crippen LogP contribution < -0.4 is 4.31 Å². The number of nitrogens with zero attached hydrogens (tertiary/aromatic N) is 4. The van der Waals surface area contributed by atoms with Gasteiger partial charge in [-0.1, -0.05) is 18.2 Å². The lowest BCUT2D eigenvalue weighted by Gasteiger charge is -2.16. The molecular weight excluding hydrogens is 372 g/mol. The van der Waals surface area contributed by atoms with Crippen LogP contribution in [-0.4, -0.2) is 48.0 Å². The Labute approximate surface area is 157 Å². The Morgan fingerprint density at radius 2 is 1.92 bits per heavy atom. The molecule has 0 fully saturated rings. The summed E-state index contributed by atoms with van der Waals surface area (Å²) in [4.78, 5) is 12.4. The Hall–Kier alpha value is -1.87. The lowest BCUT2D eigenvalue weighted by Crippen LogP contribution is -2.24. The third kappa shape index (κ3) is 4.27. The van der Waals surface area contributed by atoms with E-state index in [-0.39, 0.29) is 11.5 Å². The molecule has 1 aliphatic heterocycles. The summed E-state index contributed by atoms with van der Waals surface area (Å²) in [6, 6.07) is 6.60. The van der Waals surface area contributed by atoms with Crippen LogP contribution in [0, 0.1) is 0 Å². The summed E-state index contributed by atoms with van der Waals surface area (Å²) >= 11 is 1.40. The van der Waals surface area contributed by atoms with Crippen molar-refractivity contribution in [3.8, 4) is 0 Å². The van der Waals surface area contributed by atoms with Gasteiger partial charge >= 0.3 is 0 Å². The van der Waals surface area contributed by atoms with Gasteiger partial charge in [-0.3, -0.25) is 9.10 Å². The highest BCUT2D eigenvalue weighted by Gasteiger charge is 2.17. The summed E-state index contributed by atoms with van der Waals surface area (Å²) in [6.45, 7) is 0.908. The molecule has 0 saturated carbocycles. The smallest absolute Gasteiger partial charge is 0.231 e. The molecule has 1 aliphatic rings. The first-order chi connectivity index (χ1) is 12.4. The van der Waals surface area contributed by atoms with Gasteiger partial charge in [0, 0.05) is 25.6 Å². The van der Waals surface area contributed by atoms with E-state index in [0.29, 0.717) is 11.3 Å². The van der Waals surface area contributed by atoms with Crippen molar-refractivity contribution in [3.63, 3.8) is 0 Å². The topological polar surface area (TPSA) is 85.2 Å². The number of ketones is 1. The van der Waals surface area contributed by atoms with Crippen LogP contribution in [0.2, 0.25) is 0 Å². The Bertz CT molecular complexity index is 891. The monoisotopic (exact) mass is 394 g/mol. The van der Waals surface area contributed by atoms with Crippen LogP contribution in [-0.2, 0) is 23.0 Å². The van der Waals surface area contributed by atoms with Gasteiger partial charge < -0.3 is 4.57 Å². The maximum atomic E-state index is 12.4. The number of hydrogen-bond donors (Lipinski definition) is 0. The molecule has 0 saturated heterocycles. The second-order valence-corrected chi connectivity index (χ2v) is 9.31. The second-order valence-electron chi connectivity index (χ2n) is 6.35. The summed E-state index contributed by atoms with van der Waals surface area (Å²) in [5.41, 5.74) is 1.08. The van der Waals surface area contributed by atoms with E-state index in [9.17, 15) is 13.2 Å². The SMILES string of the molecule is CN(c1ccc(C(=O)CSc2nnc3n2CCCCC3)cc1)S(C)(=O)=O. The summed E-state index contributed by atoms with van der Waals surface area (Å²) in [5, 5.41) is 9.25. The molecule has 0 unspecified atom stereocenters. The number of hydrogen-bond acceptors (Lipinski definition) is 6. The van der Waals surface area contributed by atoms with Gasteiger partial charge in [-0.15, -0.1) is 10.2 Å². The summed E-state index contributed by atoms with van der Waals surface area (Å²) in [5.74, 6) is 1.26. The van der Waals surface area contributed by atoms with E-state index in [2.05, 4.69) is 14.8 Å². The fourth-order valence-corrected chi connectivity index (χ4v) is 4.21. The van der Waals surface area contributed by atoms with Crippen molar-refractivity contribution < 1.29 is 13.2 Å². The van der Waals surface area contributed by atoms with Crippen molar-refractivity contribution in [1.29, 1.82) is 0 Å². The molecule has 2 heterocycles. The number of thioether (sulfide) groups is 1. The first-order valence-electron chi connectivity index (χ1n) is 8.48. The van der Waals surface area contributed by atoms with Crippen molar-refractivity contribution in [2.75, 3.05) is 23.4 Å². The highest BCUT2D eigenvalue weighted by molar-refractivity contribution is 7.99. The molecule has 0 atom stereocenters. The molecule has 26 heavy (non-hydrogen) atoms. The van der Waals surface area contributed by atoms with Crippen molar-refractivity contribution in [2.45, 2.75) is 37.4 Å². The average molecular weight is 395 g/mol. The molecule has 0 spiro atoms.